The van der Waals surface area contributed by atoms with Crippen molar-refractivity contribution in [2.45, 2.75) is 19.3 Å². The van der Waals surface area contributed by atoms with Gasteiger partial charge in [-0.15, -0.1) is 0 Å². The fraction of sp³-hybridized carbons (Fsp3) is 0.214. The van der Waals surface area contributed by atoms with Gasteiger partial charge in [-0.3, -0.25) is 9.59 Å². The number of hydrogen-bond acceptors (Lipinski definition) is 4. The first-order chi connectivity index (χ1) is 16.4. The van der Waals surface area contributed by atoms with Crippen LogP contribution in [0.1, 0.15) is 28.8 Å². The highest BCUT2D eigenvalue weighted by Crippen LogP contribution is 2.41. The Labute approximate surface area is 199 Å². The van der Waals surface area contributed by atoms with Crippen molar-refractivity contribution in [2.75, 3.05) is 34.5 Å². The fourth-order valence-electron chi connectivity index (χ4n) is 4.21. The molecule has 2 amide bonds. The topological polar surface area (TPSA) is 64.7 Å². The van der Waals surface area contributed by atoms with Gasteiger partial charge in [-0.1, -0.05) is 6.58 Å². The van der Waals surface area contributed by atoms with E-state index in [-0.39, 0.29) is 17.7 Å². The summed E-state index contributed by atoms with van der Waals surface area (Å²) in [5.74, 6) is 0.145. The van der Waals surface area contributed by atoms with E-state index >= 15 is 0 Å². The van der Waals surface area contributed by atoms with Crippen LogP contribution in [-0.4, -0.2) is 25.9 Å². The molecule has 0 unspecified atom stereocenters. The third-order valence-corrected chi connectivity index (χ3v) is 6.28. The van der Waals surface area contributed by atoms with Crippen LogP contribution in [0.5, 0.6) is 0 Å². The summed E-state index contributed by atoms with van der Waals surface area (Å²) in [4.78, 5) is 28.8. The summed E-state index contributed by atoms with van der Waals surface area (Å²) in [6.45, 7) is 4.25. The quantitative estimate of drug-likeness (QED) is 0.514. The summed E-state index contributed by atoms with van der Waals surface area (Å²) < 4.78 is 0. The lowest BCUT2D eigenvalue weighted by Gasteiger charge is -2.21. The summed E-state index contributed by atoms with van der Waals surface area (Å²) in [6, 6.07) is 21.3. The van der Waals surface area contributed by atoms with Crippen LogP contribution in [-0.2, 0) is 11.2 Å². The molecule has 1 fully saturated rings. The van der Waals surface area contributed by atoms with Crippen LogP contribution >= 0.6 is 0 Å². The van der Waals surface area contributed by atoms with Gasteiger partial charge < -0.3 is 20.4 Å². The Morgan fingerprint density at radius 1 is 0.912 bits per heavy atom. The van der Waals surface area contributed by atoms with Crippen molar-refractivity contribution in [2.24, 2.45) is 5.92 Å². The second-order valence-corrected chi connectivity index (χ2v) is 9.13. The van der Waals surface area contributed by atoms with E-state index in [1.165, 1.54) is 0 Å². The molecule has 1 heterocycles. The van der Waals surface area contributed by atoms with Crippen molar-refractivity contribution in [3.63, 3.8) is 0 Å². The molecule has 5 rings (SSSR count). The summed E-state index contributed by atoms with van der Waals surface area (Å²) in [7, 11) is 3.94. The van der Waals surface area contributed by atoms with E-state index in [1.54, 1.807) is 0 Å². The first-order valence-electron chi connectivity index (χ1n) is 11.5. The van der Waals surface area contributed by atoms with Gasteiger partial charge in [0, 0.05) is 66.1 Å². The number of rotatable bonds is 6. The van der Waals surface area contributed by atoms with Crippen molar-refractivity contribution in [1.82, 2.24) is 0 Å². The molecule has 6 heteroatoms. The summed E-state index contributed by atoms with van der Waals surface area (Å²) in [5, 5.41) is 5.98. The third-order valence-electron chi connectivity index (χ3n) is 6.28. The second kappa shape index (κ2) is 8.71. The van der Waals surface area contributed by atoms with Crippen molar-refractivity contribution in [1.29, 1.82) is 0 Å². The highest BCUT2D eigenvalue weighted by atomic mass is 16.2. The summed E-state index contributed by atoms with van der Waals surface area (Å²) in [6.07, 6.45) is 2.68. The van der Waals surface area contributed by atoms with Gasteiger partial charge in [0.15, 0.2) is 0 Å². The molecule has 3 aromatic rings. The first-order valence-corrected chi connectivity index (χ1v) is 11.5. The van der Waals surface area contributed by atoms with Gasteiger partial charge in [-0.25, -0.2) is 0 Å². The molecule has 0 atom stereocenters. The minimum atomic E-state index is -0.136. The van der Waals surface area contributed by atoms with Crippen molar-refractivity contribution in [3.05, 3.63) is 90.1 Å². The molecular formula is C28H28N4O2. The number of anilines is 5. The van der Waals surface area contributed by atoms with E-state index in [0.29, 0.717) is 12.0 Å². The molecule has 0 spiro atoms. The maximum absolute atomic E-state index is 12.7. The lowest BCUT2D eigenvalue weighted by molar-refractivity contribution is -0.117. The Kier molecular flexibility index (Phi) is 5.57. The van der Waals surface area contributed by atoms with Gasteiger partial charge in [-0.2, -0.15) is 0 Å². The second-order valence-electron chi connectivity index (χ2n) is 9.13. The van der Waals surface area contributed by atoms with E-state index in [0.717, 1.165) is 52.5 Å². The number of carbonyl (C=O) groups excluding carboxylic acids is 2. The SMILES string of the molecule is C=C1Cc2cc(NC(=O)c3ccc(N(C)C)cc3)ccc2N1c1ccc(NC(=O)C2CC2)cc1. The van der Waals surface area contributed by atoms with Crippen LogP contribution in [0.25, 0.3) is 0 Å². The largest absolute Gasteiger partial charge is 0.378 e. The zero-order valence-electron chi connectivity index (χ0n) is 19.5. The van der Waals surface area contributed by atoms with E-state index in [9.17, 15) is 9.59 Å². The number of amides is 2. The average Bonchev–Trinajstić information content (AvgIpc) is 3.62. The number of fused-ring (bicyclic) bond motifs is 1. The van der Waals surface area contributed by atoms with E-state index in [4.69, 9.17) is 0 Å². The van der Waals surface area contributed by atoms with E-state index in [1.807, 2.05) is 85.7 Å². The first kappa shape index (κ1) is 21.8. The number of nitrogens with one attached hydrogen (secondary N) is 2. The predicted molar refractivity (Wildman–Crippen MR) is 138 cm³/mol. The normalized spacial score (nSPS) is 14.5. The Balaban J connectivity index is 1.30. The molecule has 1 saturated carbocycles. The molecule has 0 radical (unpaired) electrons. The van der Waals surface area contributed by atoms with Gasteiger partial charge in [0.2, 0.25) is 5.91 Å². The zero-order valence-corrected chi connectivity index (χ0v) is 19.5. The number of hydrogen-bond donors (Lipinski definition) is 2. The van der Waals surface area contributed by atoms with Crippen LogP contribution < -0.4 is 20.4 Å². The molecule has 2 aliphatic rings. The molecule has 1 aliphatic heterocycles. The zero-order chi connectivity index (χ0) is 23.8. The summed E-state index contributed by atoms with van der Waals surface area (Å²) in [5.41, 5.74) is 7.34. The minimum Gasteiger partial charge on any atom is -0.378 e. The molecule has 172 valence electrons. The number of benzene rings is 3. The maximum atomic E-state index is 12.7. The molecule has 3 aromatic carbocycles. The standard InChI is InChI=1S/C28H28N4O2/c1-18-16-21-17-23(30-28(34)20-6-11-24(12-7-20)31(2)3)10-15-26(21)32(18)25-13-8-22(9-14-25)29-27(33)19-4-5-19/h6-15,17,19H,1,4-5,16H2,2-3H3,(H,29,33)(H,30,34). The Hall–Kier alpha value is -4.06. The lowest BCUT2D eigenvalue weighted by Crippen LogP contribution is -2.14. The summed E-state index contributed by atoms with van der Waals surface area (Å²) >= 11 is 0. The highest BCUT2D eigenvalue weighted by molar-refractivity contribution is 6.04. The number of carbonyl (C=O) groups is 2. The Bertz CT molecular complexity index is 1260. The molecule has 0 bridgehead atoms. The van der Waals surface area contributed by atoms with Crippen LogP contribution in [0.3, 0.4) is 0 Å². The maximum Gasteiger partial charge on any atom is 0.255 e. The minimum absolute atomic E-state index is 0.104. The van der Waals surface area contributed by atoms with Gasteiger partial charge >= 0.3 is 0 Å². The predicted octanol–water partition coefficient (Wildman–Crippen LogP) is 5.56. The molecule has 6 nitrogen and oxygen atoms in total. The monoisotopic (exact) mass is 452 g/mol. The molecule has 1 aliphatic carbocycles. The molecular weight excluding hydrogens is 424 g/mol. The molecule has 34 heavy (non-hydrogen) atoms. The number of allylic oxidation sites excluding steroid dienone is 1. The lowest BCUT2D eigenvalue weighted by atomic mass is 10.1. The van der Waals surface area contributed by atoms with E-state index < -0.39 is 0 Å². The van der Waals surface area contributed by atoms with Gasteiger partial charge in [0.25, 0.3) is 5.91 Å². The van der Waals surface area contributed by atoms with Crippen molar-refractivity contribution < 1.29 is 9.59 Å². The molecule has 0 saturated heterocycles. The average molecular weight is 453 g/mol. The van der Waals surface area contributed by atoms with Crippen LogP contribution in [0, 0.1) is 5.92 Å². The van der Waals surface area contributed by atoms with Crippen molar-refractivity contribution >= 4 is 40.3 Å². The third kappa shape index (κ3) is 4.39. The highest BCUT2D eigenvalue weighted by Gasteiger charge is 2.29. The Morgan fingerprint density at radius 3 is 2.24 bits per heavy atom. The molecule has 0 aromatic heterocycles. The molecule has 2 N–H and O–H groups in total. The van der Waals surface area contributed by atoms with E-state index in [2.05, 4.69) is 22.1 Å². The Morgan fingerprint density at radius 2 is 1.59 bits per heavy atom. The van der Waals surface area contributed by atoms with Crippen LogP contribution in [0.15, 0.2) is 79.0 Å². The fourth-order valence-corrected chi connectivity index (χ4v) is 4.21. The number of nitrogens with zero attached hydrogens (tertiary/aromatic N) is 2. The van der Waals surface area contributed by atoms with Gasteiger partial charge in [-0.05, 0) is 85.1 Å². The van der Waals surface area contributed by atoms with Gasteiger partial charge in [0.05, 0.1) is 0 Å². The van der Waals surface area contributed by atoms with Crippen LogP contribution in [0.4, 0.5) is 28.4 Å². The van der Waals surface area contributed by atoms with Crippen molar-refractivity contribution in [3.8, 4) is 0 Å². The van der Waals surface area contributed by atoms with Crippen LogP contribution in [0.2, 0.25) is 0 Å². The smallest absolute Gasteiger partial charge is 0.255 e. The van der Waals surface area contributed by atoms with Gasteiger partial charge in [0.1, 0.15) is 0 Å².